The van der Waals surface area contributed by atoms with Crippen molar-refractivity contribution in [2.45, 2.75) is 38.1 Å². The number of piperazine rings is 1. The van der Waals surface area contributed by atoms with Gasteiger partial charge in [0.15, 0.2) is 9.84 Å². The minimum absolute atomic E-state index is 0.293. The summed E-state index contributed by atoms with van der Waals surface area (Å²) in [6.07, 6.45) is 7.43. The Kier molecular flexibility index (Phi) is 4.17. The van der Waals surface area contributed by atoms with Gasteiger partial charge in [-0.25, -0.2) is 18.4 Å². The lowest BCUT2D eigenvalue weighted by Crippen LogP contribution is -3.18. The van der Waals surface area contributed by atoms with Crippen molar-refractivity contribution >= 4 is 37.2 Å². The van der Waals surface area contributed by atoms with Crippen LogP contribution in [0.15, 0.2) is 6.33 Å². The van der Waals surface area contributed by atoms with E-state index in [0.717, 1.165) is 49.7 Å². The van der Waals surface area contributed by atoms with Crippen LogP contribution in [0.1, 0.15) is 29.7 Å². The summed E-state index contributed by atoms with van der Waals surface area (Å²) in [5.41, 5.74) is 1.49. The Morgan fingerprint density at radius 1 is 1.15 bits per heavy atom. The molecule has 2 saturated heterocycles. The lowest BCUT2D eigenvalue weighted by atomic mass is 9.97. The van der Waals surface area contributed by atoms with Crippen LogP contribution in [0, 0.1) is 0 Å². The topological polar surface area (TPSA) is 67.6 Å². The molecule has 8 heteroatoms. The van der Waals surface area contributed by atoms with Gasteiger partial charge in [-0.1, -0.05) is 0 Å². The monoisotopic (exact) mass is 393 g/mol. The van der Waals surface area contributed by atoms with Crippen LogP contribution in [0.3, 0.4) is 0 Å². The Morgan fingerprint density at radius 3 is 2.73 bits per heavy atom. The normalized spacial score (nSPS) is 26.3. The number of aryl methyl sites for hydroxylation is 2. The molecule has 0 bridgehead atoms. The molecule has 2 fully saturated rings. The van der Waals surface area contributed by atoms with E-state index in [0.29, 0.717) is 17.5 Å². The lowest BCUT2D eigenvalue weighted by molar-refractivity contribution is -0.922. The van der Waals surface area contributed by atoms with Crippen LogP contribution in [-0.4, -0.2) is 62.1 Å². The van der Waals surface area contributed by atoms with Crippen molar-refractivity contribution in [3.8, 4) is 0 Å². The van der Waals surface area contributed by atoms with Gasteiger partial charge in [0.2, 0.25) is 0 Å². The van der Waals surface area contributed by atoms with Gasteiger partial charge >= 0.3 is 0 Å². The molecule has 6 nitrogen and oxygen atoms in total. The predicted octanol–water partition coefficient (Wildman–Crippen LogP) is 0.462. The van der Waals surface area contributed by atoms with Gasteiger partial charge in [-0.2, -0.15) is 0 Å². The summed E-state index contributed by atoms with van der Waals surface area (Å²) in [6.45, 7) is 3.89. The molecule has 140 valence electrons. The number of rotatable bonds is 2. The van der Waals surface area contributed by atoms with Gasteiger partial charge in [0.25, 0.3) is 0 Å². The van der Waals surface area contributed by atoms with Crippen LogP contribution < -0.4 is 9.80 Å². The molecule has 1 N–H and O–H groups in total. The maximum absolute atomic E-state index is 11.8. The fourth-order valence-corrected chi connectivity index (χ4v) is 7.89. The Labute approximate surface area is 158 Å². The summed E-state index contributed by atoms with van der Waals surface area (Å²) in [6, 6.07) is 0.293. The number of hydrogen-bond donors (Lipinski definition) is 1. The first-order valence-electron chi connectivity index (χ1n) is 9.66. The molecule has 2 aliphatic heterocycles. The predicted molar refractivity (Wildman–Crippen MR) is 104 cm³/mol. The van der Waals surface area contributed by atoms with E-state index in [9.17, 15) is 8.42 Å². The second-order valence-electron chi connectivity index (χ2n) is 7.83. The third-order valence-electron chi connectivity index (χ3n) is 6.25. The standard InChI is InChI=1S/C18H24N4O2S2/c23-26(24)10-5-13(11-26)21-6-8-22(9-7-21)17-16-14-3-1-2-4-15(14)25-18(16)20-12-19-17/h12-13H,1-11H2/p+1/t13-/m0/s1. The Hall–Kier alpha value is -1.25. The molecule has 1 aliphatic carbocycles. The van der Waals surface area contributed by atoms with Crippen LogP contribution in [-0.2, 0) is 22.7 Å². The zero-order valence-electron chi connectivity index (χ0n) is 14.9. The molecule has 2 aromatic rings. The molecular formula is C18H25N4O2S2+. The van der Waals surface area contributed by atoms with Crippen molar-refractivity contribution < 1.29 is 13.3 Å². The van der Waals surface area contributed by atoms with E-state index in [1.54, 1.807) is 6.33 Å². The van der Waals surface area contributed by atoms with Gasteiger partial charge in [0.05, 0.1) is 37.3 Å². The molecule has 3 aliphatic rings. The number of nitrogens with one attached hydrogen (secondary N) is 1. The van der Waals surface area contributed by atoms with Crippen LogP contribution in [0.5, 0.6) is 0 Å². The average Bonchev–Trinajstić information content (AvgIpc) is 3.21. The first kappa shape index (κ1) is 16.9. The fraction of sp³-hybridized carbons (Fsp3) is 0.667. The zero-order chi connectivity index (χ0) is 17.7. The van der Waals surface area contributed by atoms with Gasteiger partial charge < -0.3 is 9.80 Å². The van der Waals surface area contributed by atoms with Crippen LogP contribution >= 0.6 is 11.3 Å². The first-order chi connectivity index (χ1) is 12.6. The number of anilines is 1. The van der Waals surface area contributed by atoms with E-state index in [1.165, 1.54) is 40.0 Å². The summed E-state index contributed by atoms with van der Waals surface area (Å²) in [5.74, 6) is 1.85. The molecule has 0 amide bonds. The number of nitrogens with zero attached hydrogens (tertiary/aromatic N) is 3. The summed E-state index contributed by atoms with van der Waals surface area (Å²) in [5, 5.41) is 1.29. The van der Waals surface area contributed by atoms with Crippen molar-refractivity contribution in [1.82, 2.24) is 9.97 Å². The van der Waals surface area contributed by atoms with E-state index in [2.05, 4.69) is 14.9 Å². The van der Waals surface area contributed by atoms with E-state index in [1.807, 2.05) is 11.3 Å². The van der Waals surface area contributed by atoms with E-state index < -0.39 is 9.84 Å². The number of sulfone groups is 1. The average molecular weight is 394 g/mol. The minimum atomic E-state index is -2.80. The second-order valence-corrected chi connectivity index (χ2v) is 11.1. The highest BCUT2D eigenvalue weighted by molar-refractivity contribution is 7.91. The third-order valence-corrected chi connectivity index (χ3v) is 9.21. The maximum Gasteiger partial charge on any atom is 0.156 e. The fourth-order valence-electron chi connectivity index (χ4n) is 4.84. The van der Waals surface area contributed by atoms with Crippen LogP contribution in [0.25, 0.3) is 10.2 Å². The second kappa shape index (κ2) is 6.42. The Balaban J connectivity index is 1.38. The summed E-state index contributed by atoms with van der Waals surface area (Å²) in [7, 11) is -2.80. The summed E-state index contributed by atoms with van der Waals surface area (Å²) >= 11 is 1.85. The van der Waals surface area contributed by atoms with E-state index in [-0.39, 0.29) is 0 Å². The minimum Gasteiger partial charge on any atom is -0.345 e. The maximum atomic E-state index is 11.8. The summed E-state index contributed by atoms with van der Waals surface area (Å²) < 4.78 is 23.6. The molecule has 5 rings (SSSR count). The van der Waals surface area contributed by atoms with E-state index in [4.69, 9.17) is 0 Å². The molecule has 0 aromatic carbocycles. The van der Waals surface area contributed by atoms with Gasteiger partial charge in [0.1, 0.15) is 28.8 Å². The first-order valence-corrected chi connectivity index (χ1v) is 12.3. The highest BCUT2D eigenvalue weighted by atomic mass is 32.2. The third kappa shape index (κ3) is 2.92. The van der Waals surface area contributed by atoms with Crippen molar-refractivity contribution in [3.05, 3.63) is 16.8 Å². The molecule has 2 aromatic heterocycles. The molecular weight excluding hydrogens is 368 g/mol. The van der Waals surface area contributed by atoms with Gasteiger partial charge in [-0.15, -0.1) is 11.3 Å². The number of quaternary nitrogens is 1. The Morgan fingerprint density at radius 2 is 1.96 bits per heavy atom. The molecule has 0 spiro atoms. The highest BCUT2D eigenvalue weighted by Crippen LogP contribution is 2.39. The van der Waals surface area contributed by atoms with Gasteiger partial charge in [0, 0.05) is 11.3 Å². The van der Waals surface area contributed by atoms with Gasteiger partial charge in [-0.05, 0) is 31.2 Å². The summed E-state index contributed by atoms with van der Waals surface area (Å²) in [4.78, 5) is 15.7. The van der Waals surface area contributed by atoms with Crippen LogP contribution in [0.4, 0.5) is 5.82 Å². The number of hydrogen-bond acceptors (Lipinski definition) is 6. The molecule has 4 heterocycles. The molecule has 0 saturated carbocycles. The van der Waals surface area contributed by atoms with Crippen molar-refractivity contribution in [2.24, 2.45) is 0 Å². The smallest absolute Gasteiger partial charge is 0.156 e. The lowest BCUT2D eigenvalue weighted by Gasteiger charge is -2.35. The Bertz CT molecular complexity index is 932. The van der Waals surface area contributed by atoms with Gasteiger partial charge in [-0.3, -0.25) is 0 Å². The molecule has 1 atom stereocenters. The highest BCUT2D eigenvalue weighted by Gasteiger charge is 2.37. The molecule has 0 radical (unpaired) electrons. The SMILES string of the molecule is O=S1(=O)CC[C@H]([NH+]2CCN(c3ncnc4sc5c(c34)CCCC5)CC2)C1. The van der Waals surface area contributed by atoms with E-state index >= 15 is 0 Å². The van der Waals surface area contributed by atoms with Crippen molar-refractivity contribution in [3.63, 3.8) is 0 Å². The number of thiophene rings is 1. The van der Waals surface area contributed by atoms with Crippen LogP contribution in [0.2, 0.25) is 0 Å². The molecule has 26 heavy (non-hydrogen) atoms. The number of fused-ring (bicyclic) bond motifs is 3. The largest absolute Gasteiger partial charge is 0.345 e. The van der Waals surface area contributed by atoms with Crippen molar-refractivity contribution in [2.75, 3.05) is 42.6 Å². The quantitative estimate of drug-likeness (QED) is 0.803. The zero-order valence-corrected chi connectivity index (χ0v) is 16.5. The number of aromatic nitrogens is 2. The molecule has 0 unspecified atom stereocenters. The van der Waals surface area contributed by atoms with Crippen molar-refractivity contribution in [1.29, 1.82) is 0 Å².